The number of nitrogens with zero attached hydrogens (tertiary/aromatic N) is 4. The van der Waals surface area contributed by atoms with Gasteiger partial charge in [-0.15, -0.1) is 0 Å². The average Bonchev–Trinajstić information content (AvgIpc) is 2.72. The van der Waals surface area contributed by atoms with E-state index in [-0.39, 0.29) is 0 Å². The van der Waals surface area contributed by atoms with Crippen molar-refractivity contribution in [2.24, 2.45) is 0 Å². The zero-order valence-corrected chi connectivity index (χ0v) is 16.4. The monoisotopic (exact) mass is 432 g/mol. The van der Waals surface area contributed by atoms with Gasteiger partial charge >= 0.3 is 151 Å². The molecule has 0 spiro atoms. The Morgan fingerprint density at radius 2 is 0.680 bits per heavy atom. The van der Waals surface area contributed by atoms with Crippen LogP contribution in [0.4, 0.5) is 0 Å². The van der Waals surface area contributed by atoms with Gasteiger partial charge in [-0.3, -0.25) is 0 Å². The molecule has 0 saturated heterocycles. The van der Waals surface area contributed by atoms with E-state index < -0.39 is 18.4 Å². The molecule has 0 aliphatic rings. The molecular formula is C20H16N4Sn. The van der Waals surface area contributed by atoms with Gasteiger partial charge in [-0.25, -0.2) is 0 Å². The molecule has 0 bridgehead atoms. The van der Waals surface area contributed by atoms with E-state index in [9.17, 15) is 0 Å². The van der Waals surface area contributed by atoms with E-state index >= 15 is 0 Å². The van der Waals surface area contributed by atoms with E-state index in [2.05, 4.69) is 24.3 Å². The van der Waals surface area contributed by atoms with Crippen molar-refractivity contribution in [2.75, 3.05) is 0 Å². The number of aromatic nitrogens is 4. The van der Waals surface area contributed by atoms with Crippen molar-refractivity contribution >= 4 is 33.2 Å². The minimum atomic E-state index is -3.75. The van der Waals surface area contributed by atoms with E-state index in [1.165, 1.54) is 0 Å². The molecular weight excluding hydrogens is 415 g/mol. The summed E-state index contributed by atoms with van der Waals surface area (Å²) in [6, 6.07) is 24.2. The second-order valence-corrected chi connectivity index (χ2v) is 15.7. The molecule has 0 atom stereocenters. The summed E-state index contributed by atoms with van der Waals surface area (Å²) in [5.74, 6) is 0. The molecule has 0 aliphatic heterocycles. The van der Waals surface area contributed by atoms with Crippen LogP contribution >= 0.6 is 0 Å². The van der Waals surface area contributed by atoms with E-state index in [1.807, 2.05) is 73.3 Å². The second-order valence-electron chi connectivity index (χ2n) is 5.61. The fourth-order valence-electron chi connectivity index (χ4n) is 3.13. The molecule has 4 heterocycles. The van der Waals surface area contributed by atoms with Crippen molar-refractivity contribution in [2.45, 2.75) is 0 Å². The molecule has 0 fully saturated rings. The summed E-state index contributed by atoms with van der Waals surface area (Å²) in [5, 5.41) is 0. The summed E-state index contributed by atoms with van der Waals surface area (Å²) in [4.78, 5) is 19.0. The third-order valence-corrected chi connectivity index (χ3v) is 16.3. The Hall–Kier alpha value is -2.60. The van der Waals surface area contributed by atoms with Crippen molar-refractivity contribution in [3.8, 4) is 0 Å². The van der Waals surface area contributed by atoms with Crippen LogP contribution in [-0.4, -0.2) is 38.3 Å². The predicted molar refractivity (Wildman–Crippen MR) is 101 cm³/mol. The first kappa shape index (κ1) is 15.9. The second kappa shape index (κ2) is 7.11. The molecule has 5 heteroatoms. The van der Waals surface area contributed by atoms with Gasteiger partial charge in [-0.1, -0.05) is 0 Å². The van der Waals surface area contributed by atoms with Crippen molar-refractivity contribution in [1.29, 1.82) is 0 Å². The fourth-order valence-corrected chi connectivity index (χ4v) is 14.6. The summed E-state index contributed by atoms with van der Waals surface area (Å²) in [7, 11) is 0. The van der Waals surface area contributed by atoms with E-state index in [0.717, 1.165) is 14.8 Å². The number of pyridine rings is 4. The molecule has 4 aromatic heterocycles. The minimum absolute atomic E-state index is 1.05. The van der Waals surface area contributed by atoms with Crippen LogP contribution in [0.25, 0.3) is 0 Å². The van der Waals surface area contributed by atoms with Gasteiger partial charge < -0.3 is 0 Å². The SMILES string of the molecule is c1cc[c]([Sn]([c]2ccccn2)([c]2ccccn2)[c]2ccccn2)nc1. The van der Waals surface area contributed by atoms with Crippen LogP contribution in [0.2, 0.25) is 0 Å². The number of hydrogen-bond donors (Lipinski definition) is 0. The van der Waals surface area contributed by atoms with Gasteiger partial charge in [0.25, 0.3) is 0 Å². The van der Waals surface area contributed by atoms with E-state index in [0.29, 0.717) is 0 Å². The first-order chi connectivity index (χ1) is 12.4. The van der Waals surface area contributed by atoms with E-state index in [1.54, 1.807) is 0 Å². The first-order valence-electron chi connectivity index (χ1n) is 8.08. The van der Waals surface area contributed by atoms with Crippen LogP contribution in [-0.2, 0) is 0 Å². The van der Waals surface area contributed by atoms with Gasteiger partial charge in [0, 0.05) is 0 Å². The summed E-state index contributed by atoms with van der Waals surface area (Å²) in [6.07, 6.45) is 7.37. The van der Waals surface area contributed by atoms with Gasteiger partial charge in [-0.05, 0) is 0 Å². The average molecular weight is 431 g/mol. The van der Waals surface area contributed by atoms with Crippen LogP contribution in [0.1, 0.15) is 0 Å². The molecule has 0 radical (unpaired) electrons. The Labute approximate surface area is 150 Å². The molecule has 4 aromatic rings. The Bertz CT molecular complexity index is 769. The van der Waals surface area contributed by atoms with Gasteiger partial charge in [-0.2, -0.15) is 0 Å². The number of hydrogen-bond acceptors (Lipinski definition) is 4. The maximum atomic E-state index is 4.75. The standard InChI is InChI=1S/4C5H4N.Sn/c4*1-2-4-6-5-3-1;/h4*1-4H;. The van der Waals surface area contributed by atoms with E-state index in [4.69, 9.17) is 19.9 Å². The molecule has 0 N–H and O–H groups in total. The van der Waals surface area contributed by atoms with Crippen LogP contribution in [0.15, 0.2) is 97.6 Å². The maximum absolute atomic E-state index is 4.75. The molecule has 0 aromatic carbocycles. The van der Waals surface area contributed by atoms with Gasteiger partial charge in [0.2, 0.25) is 0 Å². The van der Waals surface area contributed by atoms with Crippen molar-refractivity contribution in [1.82, 2.24) is 19.9 Å². The zero-order chi connectivity index (χ0) is 17.0. The van der Waals surface area contributed by atoms with Crippen molar-refractivity contribution in [3.05, 3.63) is 97.6 Å². The zero-order valence-electron chi connectivity index (χ0n) is 13.5. The van der Waals surface area contributed by atoms with Gasteiger partial charge in [0.1, 0.15) is 0 Å². The van der Waals surface area contributed by atoms with Gasteiger partial charge in [0.05, 0.1) is 0 Å². The van der Waals surface area contributed by atoms with Crippen LogP contribution in [0, 0.1) is 0 Å². The third-order valence-electron chi connectivity index (χ3n) is 4.20. The molecule has 25 heavy (non-hydrogen) atoms. The topological polar surface area (TPSA) is 51.6 Å². The summed E-state index contributed by atoms with van der Waals surface area (Å²) in [6.45, 7) is 0. The molecule has 4 nitrogen and oxygen atoms in total. The quantitative estimate of drug-likeness (QED) is 0.446. The molecule has 4 rings (SSSR count). The summed E-state index contributed by atoms with van der Waals surface area (Å²) in [5.41, 5.74) is 0. The van der Waals surface area contributed by atoms with Crippen molar-refractivity contribution in [3.63, 3.8) is 0 Å². The Balaban J connectivity index is 2.13. The third kappa shape index (κ3) is 2.82. The van der Waals surface area contributed by atoms with Crippen molar-refractivity contribution < 1.29 is 0 Å². The molecule has 0 amide bonds. The van der Waals surface area contributed by atoms with Gasteiger partial charge in [0.15, 0.2) is 0 Å². The van der Waals surface area contributed by atoms with Crippen LogP contribution in [0.5, 0.6) is 0 Å². The molecule has 0 saturated carbocycles. The molecule has 0 aliphatic carbocycles. The Morgan fingerprint density at radius 1 is 0.400 bits per heavy atom. The van der Waals surface area contributed by atoms with Crippen LogP contribution < -0.4 is 14.8 Å². The predicted octanol–water partition coefficient (Wildman–Crippen LogP) is 0.644. The summed E-state index contributed by atoms with van der Waals surface area (Å²) < 4.78 is 4.20. The Kier molecular flexibility index (Phi) is 4.52. The first-order valence-corrected chi connectivity index (χ1v) is 13.8. The molecule has 0 unspecified atom stereocenters. The Morgan fingerprint density at radius 3 is 0.880 bits per heavy atom. The normalized spacial score (nSPS) is 11.2. The summed E-state index contributed by atoms with van der Waals surface area (Å²) >= 11 is -3.75. The number of rotatable bonds is 4. The fraction of sp³-hybridized carbons (Fsp3) is 0. The van der Waals surface area contributed by atoms with Crippen LogP contribution in [0.3, 0.4) is 0 Å². The molecule has 120 valence electrons.